The standard InChI is InChI=1S/C20H23N3O4/c1-2-26-18-8-4-3-7-17(18)23-20(25)15-10-14(11-21-12-15)19(24)22-13-16-6-5-9-27-16/h3-4,7-8,10-12,16H,2,5-6,9,13H2,1H3,(H,22,24)(H,23,25). The van der Waals surface area contributed by atoms with Crippen LogP contribution in [0.3, 0.4) is 0 Å². The minimum Gasteiger partial charge on any atom is -0.492 e. The summed E-state index contributed by atoms with van der Waals surface area (Å²) in [5, 5.41) is 5.63. The van der Waals surface area contributed by atoms with Gasteiger partial charge in [-0.1, -0.05) is 12.1 Å². The van der Waals surface area contributed by atoms with Gasteiger partial charge in [-0.15, -0.1) is 0 Å². The highest BCUT2D eigenvalue weighted by molar-refractivity contribution is 6.06. The first kappa shape index (κ1) is 18.8. The third-order valence-corrected chi connectivity index (χ3v) is 4.21. The summed E-state index contributed by atoms with van der Waals surface area (Å²) in [6.07, 6.45) is 4.88. The summed E-state index contributed by atoms with van der Waals surface area (Å²) >= 11 is 0. The number of nitrogens with zero attached hydrogens (tertiary/aromatic N) is 1. The van der Waals surface area contributed by atoms with E-state index in [0.717, 1.165) is 19.4 Å². The van der Waals surface area contributed by atoms with Gasteiger partial charge in [-0.25, -0.2) is 0 Å². The third-order valence-electron chi connectivity index (χ3n) is 4.21. The molecule has 27 heavy (non-hydrogen) atoms. The van der Waals surface area contributed by atoms with Crippen molar-refractivity contribution < 1.29 is 19.1 Å². The lowest BCUT2D eigenvalue weighted by Crippen LogP contribution is -2.32. The monoisotopic (exact) mass is 369 g/mol. The van der Waals surface area contributed by atoms with Crippen LogP contribution in [0.15, 0.2) is 42.7 Å². The lowest BCUT2D eigenvalue weighted by atomic mass is 10.1. The van der Waals surface area contributed by atoms with Gasteiger partial charge in [0, 0.05) is 25.5 Å². The molecule has 0 radical (unpaired) electrons. The van der Waals surface area contributed by atoms with Crippen LogP contribution >= 0.6 is 0 Å². The molecular formula is C20H23N3O4. The lowest BCUT2D eigenvalue weighted by Gasteiger charge is -2.12. The predicted octanol–water partition coefficient (Wildman–Crippen LogP) is 2.64. The third kappa shape index (κ3) is 5.04. The van der Waals surface area contributed by atoms with Crippen LogP contribution in [0.2, 0.25) is 0 Å². The second kappa shape index (κ2) is 9.14. The van der Waals surface area contributed by atoms with Gasteiger partial charge in [-0.05, 0) is 38.0 Å². The number of aromatic nitrogens is 1. The van der Waals surface area contributed by atoms with Crippen LogP contribution in [-0.4, -0.2) is 42.7 Å². The number of rotatable bonds is 7. The topological polar surface area (TPSA) is 89.5 Å². The molecule has 0 aliphatic carbocycles. The van der Waals surface area contributed by atoms with Gasteiger partial charge in [0.1, 0.15) is 5.75 Å². The molecule has 1 aromatic carbocycles. The van der Waals surface area contributed by atoms with E-state index in [9.17, 15) is 9.59 Å². The molecule has 1 fully saturated rings. The Hall–Kier alpha value is -2.93. The Kier molecular flexibility index (Phi) is 6.38. The Labute approximate surface area is 158 Å². The van der Waals surface area contributed by atoms with E-state index < -0.39 is 0 Å². The predicted molar refractivity (Wildman–Crippen MR) is 101 cm³/mol. The Balaban J connectivity index is 1.65. The summed E-state index contributed by atoms with van der Waals surface area (Å²) in [6, 6.07) is 8.71. The van der Waals surface area contributed by atoms with Crippen molar-refractivity contribution in [1.82, 2.24) is 10.3 Å². The van der Waals surface area contributed by atoms with Crippen molar-refractivity contribution in [3.05, 3.63) is 53.9 Å². The fraction of sp³-hybridized carbons (Fsp3) is 0.350. The molecule has 3 rings (SSSR count). The maximum Gasteiger partial charge on any atom is 0.257 e. The van der Waals surface area contributed by atoms with E-state index in [2.05, 4.69) is 15.6 Å². The second-order valence-electron chi connectivity index (χ2n) is 6.19. The molecule has 2 heterocycles. The number of nitrogens with one attached hydrogen (secondary N) is 2. The number of ether oxygens (including phenoxy) is 2. The van der Waals surface area contributed by atoms with Crippen molar-refractivity contribution in [3.8, 4) is 5.75 Å². The number of anilines is 1. The van der Waals surface area contributed by atoms with Crippen LogP contribution in [0.5, 0.6) is 5.75 Å². The number of para-hydroxylation sites is 2. The zero-order valence-electron chi connectivity index (χ0n) is 15.2. The quantitative estimate of drug-likeness (QED) is 0.783. The Morgan fingerprint density at radius 2 is 2.00 bits per heavy atom. The molecule has 7 nitrogen and oxygen atoms in total. The average molecular weight is 369 g/mol. The maximum atomic E-state index is 12.6. The molecule has 1 aliphatic rings. The summed E-state index contributed by atoms with van der Waals surface area (Å²) in [7, 11) is 0. The number of hydrogen-bond acceptors (Lipinski definition) is 5. The zero-order valence-corrected chi connectivity index (χ0v) is 15.2. The molecule has 142 valence electrons. The van der Waals surface area contributed by atoms with Crippen LogP contribution in [0, 0.1) is 0 Å². The molecule has 2 aromatic rings. The van der Waals surface area contributed by atoms with E-state index in [0.29, 0.717) is 35.7 Å². The first-order chi connectivity index (χ1) is 13.2. The van der Waals surface area contributed by atoms with Gasteiger partial charge < -0.3 is 20.1 Å². The minimum absolute atomic E-state index is 0.0588. The van der Waals surface area contributed by atoms with Crippen LogP contribution in [0.1, 0.15) is 40.5 Å². The van der Waals surface area contributed by atoms with E-state index >= 15 is 0 Å². The maximum absolute atomic E-state index is 12.6. The Morgan fingerprint density at radius 1 is 1.22 bits per heavy atom. The lowest BCUT2D eigenvalue weighted by molar-refractivity contribution is 0.0857. The fourth-order valence-corrected chi connectivity index (χ4v) is 2.85. The number of carbonyl (C=O) groups excluding carboxylic acids is 2. The van der Waals surface area contributed by atoms with Crippen molar-refractivity contribution in [1.29, 1.82) is 0 Å². The van der Waals surface area contributed by atoms with Crippen molar-refractivity contribution in [2.45, 2.75) is 25.9 Å². The van der Waals surface area contributed by atoms with Crippen LogP contribution in [-0.2, 0) is 4.74 Å². The molecule has 1 aromatic heterocycles. The molecule has 1 unspecified atom stereocenters. The molecule has 0 spiro atoms. The largest absolute Gasteiger partial charge is 0.492 e. The van der Waals surface area contributed by atoms with Gasteiger partial charge in [0.05, 0.1) is 29.5 Å². The molecule has 0 saturated carbocycles. The van der Waals surface area contributed by atoms with E-state index in [1.165, 1.54) is 18.5 Å². The molecule has 1 atom stereocenters. The molecule has 1 saturated heterocycles. The van der Waals surface area contributed by atoms with Gasteiger partial charge >= 0.3 is 0 Å². The van der Waals surface area contributed by atoms with Crippen molar-refractivity contribution in [2.75, 3.05) is 25.1 Å². The van der Waals surface area contributed by atoms with Crippen molar-refractivity contribution in [2.24, 2.45) is 0 Å². The first-order valence-corrected chi connectivity index (χ1v) is 9.05. The normalized spacial score (nSPS) is 16.0. The van der Waals surface area contributed by atoms with Crippen LogP contribution in [0.25, 0.3) is 0 Å². The van der Waals surface area contributed by atoms with Gasteiger partial charge in [0.15, 0.2) is 0 Å². The number of carbonyl (C=O) groups is 2. The summed E-state index contributed by atoms with van der Waals surface area (Å²) in [5.74, 6) is -0.0439. The fourth-order valence-electron chi connectivity index (χ4n) is 2.85. The van der Waals surface area contributed by atoms with Gasteiger partial charge in [0.2, 0.25) is 0 Å². The van der Waals surface area contributed by atoms with E-state index in [4.69, 9.17) is 9.47 Å². The summed E-state index contributed by atoms with van der Waals surface area (Å²) < 4.78 is 11.0. The highest BCUT2D eigenvalue weighted by Gasteiger charge is 2.18. The molecule has 2 N–H and O–H groups in total. The average Bonchev–Trinajstić information content (AvgIpc) is 3.21. The second-order valence-corrected chi connectivity index (χ2v) is 6.19. The number of hydrogen-bond donors (Lipinski definition) is 2. The summed E-state index contributed by atoms with van der Waals surface area (Å²) in [5.41, 5.74) is 1.20. The highest BCUT2D eigenvalue weighted by atomic mass is 16.5. The number of amides is 2. The Bertz CT molecular complexity index is 803. The molecule has 1 aliphatic heterocycles. The van der Waals surface area contributed by atoms with Crippen LogP contribution in [0.4, 0.5) is 5.69 Å². The van der Waals surface area contributed by atoms with E-state index in [1.807, 2.05) is 19.1 Å². The van der Waals surface area contributed by atoms with Crippen molar-refractivity contribution in [3.63, 3.8) is 0 Å². The zero-order chi connectivity index (χ0) is 19.1. The molecule has 0 bridgehead atoms. The van der Waals surface area contributed by atoms with E-state index in [1.54, 1.807) is 12.1 Å². The van der Waals surface area contributed by atoms with Crippen LogP contribution < -0.4 is 15.4 Å². The minimum atomic E-state index is -0.358. The van der Waals surface area contributed by atoms with E-state index in [-0.39, 0.29) is 17.9 Å². The van der Waals surface area contributed by atoms with Gasteiger partial charge in [-0.3, -0.25) is 14.6 Å². The Morgan fingerprint density at radius 3 is 2.74 bits per heavy atom. The summed E-state index contributed by atoms with van der Waals surface area (Å²) in [6.45, 7) is 3.56. The first-order valence-electron chi connectivity index (χ1n) is 9.05. The smallest absolute Gasteiger partial charge is 0.257 e. The molecule has 7 heteroatoms. The summed E-state index contributed by atoms with van der Waals surface area (Å²) in [4.78, 5) is 28.9. The number of benzene rings is 1. The molecular weight excluding hydrogens is 346 g/mol. The highest BCUT2D eigenvalue weighted by Crippen LogP contribution is 2.24. The molecule has 2 amide bonds. The van der Waals surface area contributed by atoms with Gasteiger partial charge in [0.25, 0.3) is 11.8 Å². The van der Waals surface area contributed by atoms with Gasteiger partial charge in [-0.2, -0.15) is 0 Å². The van der Waals surface area contributed by atoms with Crippen molar-refractivity contribution >= 4 is 17.5 Å². The number of pyridine rings is 1. The SMILES string of the molecule is CCOc1ccccc1NC(=O)c1cncc(C(=O)NCC2CCCO2)c1.